The van der Waals surface area contributed by atoms with Crippen molar-refractivity contribution in [1.29, 1.82) is 0 Å². The lowest BCUT2D eigenvalue weighted by Gasteiger charge is -2.18. The van der Waals surface area contributed by atoms with Crippen LogP contribution in [0.2, 0.25) is 0 Å². The van der Waals surface area contributed by atoms with Crippen molar-refractivity contribution in [2.75, 3.05) is 19.0 Å². The van der Waals surface area contributed by atoms with Crippen molar-refractivity contribution >= 4 is 22.8 Å². The van der Waals surface area contributed by atoms with Gasteiger partial charge in [-0.25, -0.2) is 14.8 Å². The maximum Gasteiger partial charge on any atom is 0.319 e. The number of hydrogen-bond donors (Lipinski definition) is 2. The van der Waals surface area contributed by atoms with Crippen LogP contribution in [0.1, 0.15) is 23.1 Å². The van der Waals surface area contributed by atoms with Crippen LogP contribution in [0.3, 0.4) is 0 Å². The molecule has 2 amide bonds. The number of aromatic nitrogens is 4. The summed E-state index contributed by atoms with van der Waals surface area (Å²) in [6, 6.07) is 6.67. The number of carbonyl (C=O) groups is 1. The zero-order valence-corrected chi connectivity index (χ0v) is 15.3. The molecule has 1 aromatic carbocycles. The number of rotatable bonds is 5. The molecule has 0 spiro atoms. The summed E-state index contributed by atoms with van der Waals surface area (Å²) in [4.78, 5) is 21.4. The van der Waals surface area contributed by atoms with Crippen molar-refractivity contribution in [3.8, 4) is 0 Å². The second kappa shape index (κ2) is 7.49. The van der Waals surface area contributed by atoms with Gasteiger partial charge in [0.25, 0.3) is 0 Å². The Morgan fingerprint density at radius 1 is 1.19 bits per heavy atom. The third-order valence-electron chi connectivity index (χ3n) is 4.19. The summed E-state index contributed by atoms with van der Waals surface area (Å²) in [6.07, 6.45) is 1.68. The van der Waals surface area contributed by atoms with E-state index in [0.717, 1.165) is 28.1 Å². The predicted molar refractivity (Wildman–Crippen MR) is 99.0 cm³/mol. The number of urea groups is 1. The van der Waals surface area contributed by atoms with Gasteiger partial charge in [-0.1, -0.05) is 0 Å². The smallest absolute Gasteiger partial charge is 0.319 e. The quantitative estimate of drug-likeness (QED) is 0.734. The number of hydrogen-bond acceptors (Lipinski definition) is 5. The van der Waals surface area contributed by atoms with Crippen molar-refractivity contribution < 1.29 is 9.53 Å². The lowest BCUT2D eigenvalue weighted by Crippen LogP contribution is -2.35. The van der Waals surface area contributed by atoms with Gasteiger partial charge >= 0.3 is 6.03 Å². The summed E-state index contributed by atoms with van der Waals surface area (Å²) in [5.41, 5.74) is 4.81. The van der Waals surface area contributed by atoms with Crippen LogP contribution >= 0.6 is 0 Å². The summed E-state index contributed by atoms with van der Waals surface area (Å²) in [5.74, 6) is 0. The van der Waals surface area contributed by atoms with Crippen LogP contribution in [0.15, 0.2) is 30.5 Å². The van der Waals surface area contributed by atoms with E-state index in [1.54, 1.807) is 24.1 Å². The van der Waals surface area contributed by atoms with Gasteiger partial charge in [0.15, 0.2) is 0 Å². The Morgan fingerprint density at radius 2 is 1.92 bits per heavy atom. The maximum absolute atomic E-state index is 12.4. The molecule has 136 valence electrons. The van der Waals surface area contributed by atoms with Gasteiger partial charge in [0.05, 0.1) is 40.8 Å². The molecule has 0 aliphatic rings. The average molecular weight is 354 g/mol. The van der Waals surface area contributed by atoms with Crippen LogP contribution in [-0.4, -0.2) is 39.5 Å². The van der Waals surface area contributed by atoms with Crippen LogP contribution in [0, 0.1) is 13.8 Å². The molecule has 2 heterocycles. The number of aryl methyl sites for hydroxylation is 3. The molecule has 0 fully saturated rings. The van der Waals surface area contributed by atoms with Crippen molar-refractivity contribution in [2.24, 2.45) is 7.05 Å². The number of methoxy groups -OCH3 is 1. The summed E-state index contributed by atoms with van der Waals surface area (Å²) in [6.45, 7) is 4.18. The van der Waals surface area contributed by atoms with Crippen molar-refractivity contribution in [1.82, 2.24) is 25.1 Å². The van der Waals surface area contributed by atoms with Gasteiger partial charge in [-0.3, -0.25) is 4.68 Å². The minimum Gasteiger partial charge on any atom is -0.382 e. The molecule has 0 aliphatic heterocycles. The molecule has 26 heavy (non-hydrogen) atoms. The second-order valence-corrected chi connectivity index (χ2v) is 6.08. The first kappa shape index (κ1) is 17.8. The number of nitrogens with one attached hydrogen (secondary N) is 2. The third kappa shape index (κ3) is 3.80. The molecule has 0 unspecified atom stereocenters. The first-order valence-electron chi connectivity index (χ1n) is 8.27. The van der Waals surface area contributed by atoms with E-state index < -0.39 is 0 Å². The van der Waals surface area contributed by atoms with E-state index in [4.69, 9.17) is 4.74 Å². The Kier molecular flexibility index (Phi) is 5.13. The lowest BCUT2D eigenvalue weighted by atomic mass is 10.2. The monoisotopic (exact) mass is 354 g/mol. The van der Waals surface area contributed by atoms with Crippen LogP contribution in [0.5, 0.6) is 0 Å². The maximum atomic E-state index is 12.4. The normalized spacial score (nSPS) is 12.2. The van der Waals surface area contributed by atoms with Gasteiger partial charge in [0, 0.05) is 26.0 Å². The molecular weight excluding hydrogens is 332 g/mol. The number of anilines is 1. The minimum absolute atomic E-state index is 0.308. The summed E-state index contributed by atoms with van der Waals surface area (Å²) in [7, 11) is 3.42. The fraction of sp³-hybridized carbons (Fsp3) is 0.333. The van der Waals surface area contributed by atoms with E-state index in [2.05, 4.69) is 25.7 Å². The van der Waals surface area contributed by atoms with E-state index in [1.807, 2.05) is 39.1 Å². The van der Waals surface area contributed by atoms with Crippen LogP contribution < -0.4 is 10.6 Å². The number of carbonyl (C=O) groups excluding carboxylic acids is 1. The highest BCUT2D eigenvalue weighted by atomic mass is 16.5. The molecule has 8 heteroatoms. The minimum atomic E-state index is -0.329. The molecule has 8 nitrogen and oxygen atoms in total. The Bertz CT molecular complexity index is 937. The molecule has 2 N–H and O–H groups in total. The van der Waals surface area contributed by atoms with E-state index >= 15 is 0 Å². The summed E-state index contributed by atoms with van der Waals surface area (Å²) >= 11 is 0. The van der Waals surface area contributed by atoms with E-state index in [9.17, 15) is 4.79 Å². The summed E-state index contributed by atoms with van der Waals surface area (Å²) < 4.78 is 6.92. The number of amides is 2. The molecule has 3 rings (SSSR count). The fourth-order valence-corrected chi connectivity index (χ4v) is 2.73. The summed E-state index contributed by atoms with van der Waals surface area (Å²) in [5, 5.41) is 9.88. The van der Waals surface area contributed by atoms with Gasteiger partial charge in [-0.05, 0) is 38.1 Å². The Labute approximate surface area is 151 Å². The largest absolute Gasteiger partial charge is 0.382 e. The van der Waals surface area contributed by atoms with Gasteiger partial charge in [-0.15, -0.1) is 0 Å². The molecule has 0 bridgehead atoms. The first-order valence-corrected chi connectivity index (χ1v) is 8.27. The third-order valence-corrected chi connectivity index (χ3v) is 4.19. The SMILES string of the molecule is COC[C@@H](NC(=O)Nc1ccc2nc(C)c(C)nc2c1)c1ccnn1C. The number of fused-ring (bicyclic) bond motifs is 1. The molecule has 0 saturated heterocycles. The molecule has 3 aromatic rings. The number of nitrogens with zero attached hydrogens (tertiary/aromatic N) is 4. The van der Waals surface area contributed by atoms with Crippen molar-refractivity contribution in [3.63, 3.8) is 0 Å². The van der Waals surface area contributed by atoms with Crippen LogP contribution in [0.25, 0.3) is 11.0 Å². The standard InChI is InChI=1S/C18H22N6O2/c1-11-12(2)21-15-9-13(5-6-14(15)20-11)22-18(25)23-16(10-26-4)17-7-8-19-24(17)3/h5-9,16H,10H2,1-4H3,(H2,22,23,25)/t16-/m1/s1. The highest BCUT2D eigenvalue weighted by Crippen LogP contribution is 2.18. The molecule has 0 aliphatic carbocycles. The first-order chi connectivity index (χ1) is 12.5. The van der Waals surface area contributed by atoms with Gasteiger partial charge in [0.1, 0.15) is 0 Å². The second-order valence-electron chi connectivity index (χ2n) is 6.08. The lowest BCUT2D eigenvalue weighted by molar-refractivity contribution is 0.165. The molecule has 2 aromatic heterocycles. The number of ether oxygens (including phenoxy) is 1. The van der Waals surface area contributed by atoms with E-state index in [0.29, 0.717) is 12.3 Å². The topological polar surface area (TPSA) is 94.0 Å². The van der Waals surface area contributed by atoms with E-state index in [1.165, 1.54) is 0 Å². The predicted octanol–water partition coefficient (Wildman–Crippen LogP) is 2.49. The van der Waals surface area contributed by atoms with E-state index in [-0.39, 0.29) is 12.1 Å². The van der Waals surface area contributed by atoms with Gasteiger partial charge in [0.2, 0.25) is 0 Å². The Morgan fingerprint density at radius 3 is 2.58 bits per heavy atom. The highest BCUT2D eigenvalue weighted by molar-refractivity contribution is 5.92. The zero-order valence-electron chi connectivity index (χ0n) is 15.3. The van der Waals surface area contributed by atoms with Crippen molar-refractivity contribution in [2.45, 2.75) is 19.9 Å². The molecule has 0 radical (unpaired) electrons. The average Bonchev–Trinajstić information content (AvgIpc) is 3.02. The molecule has 1 atom stereocenters. The Balaban J connectivity index is 1.75. The van der Waals surface area contributed by atoms with Gasteiger partial charge < -0.3 is 15.4 Å². The molecule has 0 saturated carbocycles. The zero-order chi connectivity index (χ0) is 18.7. The van der Waals surface area contributed by atoms with Gasteiger partial charge in [-0.2, -0.15) is 5.10 Å². The molecular formula is C18H22N6O2. The number of benzene rings is 1. The van der Waals surface area contributed by atoms with Crippen LogP contribution in [-0.2, 0) is 11.8 Å². The van der Waals surface area contributed by atoms with Crippen LogP contribution in [0.4, 0.5) is 10.5 Å². The Hall–Kier alpha value is -3.00. The fourth-order valence-electron chi connectivity index (χ4n) is 2.73. The highest BCUT2D eigenvalue weighted by Gasteiger charge is 2.17. The van der Waals surface area contributed by atoms with Crippen molar-refractivity contribution in [3.05, 3.63) is 47.5 Å².